The van der Waals surface area contributed by atoms with Crippen LogP contribution in [0.5, 0.6) is 0 Å². The standard InChI is InChI=1S/C9H10N6/c10-7-3-12-9(13-4-7)14-5-8-1-2-11-6-15-8/h1-4,6H,5,10H2,(H,12,13,14). The molecule has 0 aliphatic rings. The van der Waals surface area contributed by atoms with E-state index in [0.29, 0.717) is 18.2 Å². The number of nitrogens with two attached hydrogens (primary N) is 1. The molecule has 0 aliphatic heterocycles. The van der Waals surface area contributed by atoms with Gasteiger partial charge in [-0.2, -0.15) is 0 Å². The molecule has 0 amide bonds. The first-order chi connectivity index (χ1) is 7.34. The number of nitrogen functional groups attached to an aromatic ring is 1. The highest BCUT2D eigenvalue weighted by Crippen LogP contribution is 2.02. The first-order valence-electron chi connectivity index (χ1n) is 4.41. The highest BCUT2D eigenvalue weighted by atomic mass is 15.1. The third-order valence-electron chi connectivity index (χ3n) is 1.74. The number of aromatic nitrogens is 4. The fraction of sp³-hybridized carbons (Fsp3) is 0.111. The molecule has 6 nitrogen and oxygen atoms in total. The average molecular weight is 202 g/mol. The molecule has 0 radical (unpaired) electrons. The van der Waals surface area contributed by atoms with E-state index in [-0.39, 0.29) is 0 Å². The molecule has 0 saturated heterocycles. The number of nitrogens with zero attached hydrogens (tertiary/aromatic N) is 4. The Morgan fingerprint density at radius 3 is 2.67 bits per heavy atom. The number of nitrogens with one attached hydrogen (secondary N) is 1. The molecule has 0 unspecified atom stereocenters. The van der Waals surface area contributed by atoms with Crippen molar-refractivity contribution in [1.29, 1.82) is 0 Å². The lowest BCUT2D eigenvalue weighted by Crippen LogP contribution is -2.05. The molecule has 0 fully saturated rings. The van der Waals surface area contributed by atoms with Crippen LogP contribution in [-0.4, -0.2) is 19.9 Å². The summed E-state index contributed by atoms with van der Waals surface area (Å²) in [6.07, 6.45) is 6.29. The highest BCUT2D eigenvalue weighted by molar-refractivity contribution is 5.35. The van der Waals surface area contributed by atoms with Gasteiger partial charge in [0.2, 0.25) is 5.95 Å². The van der Waals surface area contributed by atoms with Gasteiger partial charge in [0, 0.05) is 6.20 Å². The van der Waals surface area contributed by atoms with Crippen LogP contribution in [-0.2, 0) is 6.54 Å². The topological polar surface area (TPSA) is 89.6 Å². The van der Waals surface area contributed by atoms with Crippen LogP contribution in [0.25, 0.3) is 0 Å². The lowest BCUT2D eigenvalue weighted by Gasteiger charge is -2.03. The predicted octanol–water partition coefficient (Wildman–Crippen LogP) is 0.461. The van der Waals surface area contributed by atoms with Crippen molar-refractivity contribution in [3.63, 3.8) is 0 Å². The fourth-order valence-electron chi connectivity index (χ4n) is 1.02. The molecule has 0 bridgehead atoms. The molecule has 15 heavy (non-hydrogen) atoms. The second-order valence-electron chi connectivity index (χ2n) is 2.89. The molecule has 0 atom stereocenters. The van der Waals surface area contributed by atoms with Crippen LogP contribution in [0.4, 0.5) is 11.6 Å². The number of rotatable bonds is 3. The van der Waals surface area contributed by atoms with Crippen molar-refractivity contribution in [1.82, 2.24) is 19.9 Å². The van der Waals surface area contributed by atoms with Gasteiger partial charge in [-0.05, 0) is 6.07 Å². The lowest BCUT2D eigenvalue weighted by atomic mass is 10.4. The molecule has 6 heteroatoms. The number of anilines is 2. The minimum Gasteiger partial charge on any atom is -0.396 e. The zero-order valence-electron chi connectivity index (χ0n) is 7.96. The van der Waals surface area contributed by atoms with E-state index in [1.165, 1.54) is 6.33 Å². The van der Waals surface area contributed by atoms with Crippen molar-refractivity contribution in [3.8, 4) is 0 Å². The lowest BCUT2D eigenvalue weighted by molar-refractivity contribution is 0.979. The second kappa shape index (κ2) is 4.32. The van der Waals surface area contributed by atoms with E-state index in [9.17, 15) is 0 Å². The molecule has 2 heterocycles. The Labute approximate surface area is 86.6 Å². The monoisotopic (exact) mass is 202 g/mol. The molecular weight excluding hydrogens is 192 g/mol. The van der Waals surface area contributed by atoms with E-state index in [2.05, 4.69) is 25.3 Å². The highest BCUT2D eigenvalue weighted by Gasteiger charge is 1.96. The first kappa shape index (κ1) is 9.32. The molecule has 2 aromatic heterocycles. The molecule has 0 saturated carbocycles. The average Bonchev–Trinajstić information content (AvgIpc) is 2.30. The van der Waals surface area contributed by atoms with Crippen molar-refractivity contribution >= 4 is 11.6 Å². The van der Waals surface area contributed by atoms with Crippen LogP contribution in [0.3, 0.4) is 0 Å². The van der Waals surface area contributed by atoms with Crippen LogP contribution < -0.4 is 11.1 Å². The summed E-state index contributed by atoms with van der Waals surface area (Å²) in [6.45, 7) is 0.562. The summed E-state index contributed by atoms with van der Waals surface area (Å²) in [7, 11) is 0. The Morgan fingerprint density at radius 1 is 1.20 bits per heavy atom. The fourth-order valence-corrected chi connectivity index (χ4v) is 1.02. The Morgan fingerprint density at radius 2 is 2.00 bits per heavy atom. The molecular formula is C9H10N6. The molecule has 76 valence electrons. The third-order valence-corrected chi connectivity index (χ3v) is 1.74. The molecule has 0 aromatic carbocycles. The van der Waals surface area contributed by atoms with E-state index < -0.39 is 0 Å². The largest absolute Gasteiger partial charge is 0.396 e. The van der Waals surface area contributed by atoms with Gasteiger partial charge in [0.25, 0.3) is 0 Å². The summed E-state index contributed by atoms with van der Waals surface area (Å²) in [5.74, 6) is 0.530. The van der Waals surface area contributed by atoms with Crippen molar-refractivity contribution in [3.05, 3.63) is 36.7 Å². The minimum absolute atomic E-state index is 0.530. The van der Waals surface area contributed by atoms with E-state index in [4.69, 9.17) is 5.73 Å². The van der Waals surface area contributed by atoms with Gasteiger partial charge < -0.3 is 11.1 Å². The Kier molecular flexibility index (Phi) is 2.68. The Balaban J connectivity index is 1.96. The minimum atomic E-state index is 0.530. The quantitative estimate of drug-likeness (QED) is 0.751. The smallest absolute Gasteiger partial charge is 0.223 e. The molecule has 2 rings (SSSR count). The van der Waals surface area contributed by atoms with Crippen molar-refractivity contribution in [2.75, 3.05) is 11.1 Å². The summed E-state index contributed by atoms with van der Waals surface area (Å²) in [6, 6.07) is 1.82. The van der Waals surface area contributed by atoms with Gasteiger partial charge in [-0.3, -0.25) is 0 Å². The summed E-state index contributed by atoms with van der Waals surface area (Å²) >= 11 is 0. The van der Waals surface area contributed by atoms with Crippen LogP contribution >= 0.6 is 0 Å². The first-order valence-corrected chi connectivity index (χ1v) is 4.41. The number of hydrogen-bond donors (Lipinski definition) is 2. The van der Waals surface area contributed by atoms with Gasteiger partial charge >= 0.3 is 0 Å². The predicted molar refractivity (Wildman–Crippen MR) is 55.8 cm³/mol. The molecule has 2 aromatic rings. The maximum Gasteiger partial charge on any atom is 0.223 e. The van der Waals surface area contributed by atoms with Crippen LogP contribution in [0, 0.1) is 0 Å². The van der Waals surface area contributed by atoms with Gasteiger partial charge in [0.05, 0.1) is 30.3 Å². The molecule has 0 spiro atoms. The molecule has 0 aliphatic carbocycles. The Hall–Kier alpha value is -2.24. The summed E-state index contributed by atoms with van der Waals surface area (Å²) < 4.78 is 0. The zero-order chi connectivity index (χ0) is 10.5. The zero-order valence-corrected chi connectivity index (χ0v) is 7.96. The van der Waals surface area contributed by atoms with Crippen molar-refractivity contribution in [2.24, 2.45) is 0 Å². The Bertz CT molecular complexity index is 412. The van der Waals surface area contributed by atoms with Gasteiger partial charge in [-0.1, -0.05) is 0 Å². The van der Waals surface area contributed by atoms with Crippen LogP contribution in [0.1, 0.15) is 5.69 Å². The molecule has 3 N–H and O–H groups in total. The van der Waals surface area contributed by atoms with E-state index >= 15 is 0 Å². The second-order valence-corrected chi connectivity index (χ2v) is 2.89. The SMILES string of the molecule is Nc1cnc(NCc2ccncn2)nc1. The van der Waals surface area contributed by atoms with E-state index in [1.54, 1.807) is 18.6 Å². The summed E-state index contributed by atoms with van der Waals surface area (Å²) in [5.41, 5.74) is 6.88. The van der Waals surface area contributed by atoms with Gasteiger partial charge in [-0.25, -0.2) is 19.9 Å². The van der Waals surface area contributed by atoms with E-state index in [0.717, 1.165) is 5.69 Å². The van der Waals surface area contributed by atoms with Crippen LogP contribution in [0.2, 0.25) is 0 Å². The van der Waals surface area contributed by atoms with Gasteiger partial charge in [0.15, 0.2) is 0 Å². The van der Waals surface area contributed by atoms with Gasteiger partial charge in [-0.15, -0.1) is 0 Å². The van der Waals surface area contributed by atoms with Gasteiger partial charge in [0.1, 0.15) is 6.33 Å². The van der Waals surface area contributed by atoms with E-state index in [1.807, 2.05) is 6.07 Å². The third kappa shape index (κ3) is 2.60. The van der Waals surface area contributed by atoms with Crippen molar-refractivity contribution in [2.45, 2.75) is 6.54 Å². The summed E-state index contributed by atoms with van der Waals surface area (Å²) in [5, 5.41) is 3.02. The van der Waals surface area contributed by atoms with Crippen LogP contribution in [0.15, 0.2) is 31.0 Å². The maximum atomic E-state index is 5.46. The number of hydrogen-bond acceptors (Lipinski definition) is 6. The normalized spacial score (nSPS) is 9.87. The maximum absolute atomic E-state index is 5.46. The van der Waals surface area contributed by atoms with Crippen molar-refractivity contribution < 1.29 is 0 Å². The summed E-state index contributed by atoms with van der Waals surface area (Å²) in [4.78, 5) is 15.9.